The molecule has 3 rings (SSSR count). The van der Waals surface area contributed by atoms with Gasteiger partial charge in [-0.2, -0.15) is 11.8 Å². The molecule has 0 bridgehead atoms. The highest BCUT2D eigenvalue weighted by Crippen LogP contribution is 2.33. The number of nitrogens with zero attached hydrogens (tertiary/aromatic N) is 4. The zero-order valence-electron chi connectivity index (χ0n) is 16.3. The molecule has 8 heteroatoms. The molecule has 0 aliphatic carbocycles. The highest BCUT2D eigenvalue weighted by molar-refractivity contribution is 7.98. The molecule has 2 aliphatic rings. The van der Waals surface area contributed by atoms with Crippen LogP contribution in [0.3, 0.4) is 0 Å². The number of methoxy groups -OCH3 is 1. The van der Waals surface area contributed by atoms with E-state index in [-0.39, 0.29) is 5.69 Å². The second-order valence-corrected chi connectivity index (χ2v) is 8.19. The Morgan fingerprint density at radius 3 is 2.48 bits per heavy atom. The Morgan fingerprint density at radius 2 is 1.89 bits per heavy atom. The summed E-state index contributed by atoms with van der Waals surface area (Å²) in [6, 6.07) is 5.84. The number of thioether (sulfide) groups is 1. The van der Waals surface area contributed by atoms with Crippen LogP contribution in [0.2, 0.25) is 0 Å². The highest BCUT2D eigenvalue weighted by Gasteiger charge is 2.28. The van der Waals surface area contributed by atoms with E-state index in [2.05, 4.69) is 21.0 Å². The number of nitro benzene ring substituents is 1. The van der Waals surface area contributed by atoms with Gasteiger partial charge in [0.25, 0.3) is 0 Å². The Bertz CT molecular complexity index is 629. The SMILES string of the molecule is COc1cc(N2CCC(N3CCN(CCSC)CC3)CC2)ccc1[N+](=O)[O-]. The van der Waals surface area contributed by atoms with Crippen LogP contribution < -0.4 is 9.64 Å². The first-order chi connectivity index (χ1) is 13.1. The van der Waals surface area contributed by atoms with E-state index >= 15 is 0 Å². The molecule has 0 N–H and O–H groups in total. The third-order valence-electron chi connectivity index (χ3n) is 5.72. The summed E-state index contributed by atoms with van der Waals surface area (Å²) in [6.45, 7) is 7.88. The zero-order chi connectivity index (χ0) is 19.2. The number of rotatable bonds is 7. The third kappa shape index (κ3) is 5.06. The van der Waals surface area contributed by atoms with Gasteiger partial charge in [0.2, 0.25) is 0 Å². The number of anilines is 1. The first-order valence-corrected chi connectivity index (χ1v) is 11.0. The second kappa shape index (κ2) is 9.61. The average molecular weight is 395 g/mol. The van der Waals surface area contributed by atoms with Crippen LogP contribution in [0.15, 0.2) is 18.2 Å². The molecule has 27 heavy (non-hydrogen) atoms. The van der Waals surface area contributed by atoms with Crippen molar-refractivity contribution < 1.29 is 9.66 Å². The molecule has 2 aliphatic heterocycles. The number of piperazine rings is 1. The van der Waals surface area contributed by atoms with Crippen molar-refractivity contribution in [2.75, 3.05) is 69.8 Å². The molecule has 2 fully saturated rings. The minimum atomic E-state index is -0.395. The maximum atomic E-state index is 11.1. The number of piperidine rings is 1. The smallest absolute Gasteiger partial charge is 0.311 e. The molecular weight excluding hydrogens is 364 g/mol. The van der Waals surface area contributed by atoms with Crippen LogP contribution in [0.5, 0.6) is 5.75 Å². The molecule has 0 amide bonds. The number of benzene rings is 1. The lowest BCUT2D eigenvalue weighted by atomic mass is 10.0. The van der Waals surface area contributed by atoms with Gasteiger partial charge in [-0.3, -0.25) is 19.9 Å². The monoisotopic (exact) mass is 394 g/mol. The van der Waals surface area contributed by atoms with E-state index in [9.17, 15) is 10.1 Å². The molecular formula is C19H30N4O3S. The summed E-state index contributed by atoms with van der Waals surface area (Å²) in [7, 11) is 1.48. The van der Waals surface area contributed by atoms with E-state index in [1.807, 2.05) is 17.8 Å². The fourth-order valence-corrected chi connectivity index (χ4v) is 4.52. The Labute approximate surface area is 165 Å². The Balaban J connectivity index is 1.51. The van der Waals surface area contributed by atoms with Gasteiger partial charge in [0.15, 0.2) is 5.75 Å². The van der Waals surface area contributed by atoms with Crippen molar-refractivity contribution >= 4 is 23.1 Å². The predicted molar refractivity (Wildman–Crippen MR) is 111 cm³/mol. The van der Waals surface area contributed by atoms with Crippen LogP contribution in [-0.4, -0.2) is 85.7 Å². The van der Waals surface area contributed by atoms with Crippen LogP contribution in [0.1, 0.15) is 12.8 Å². The van der Waals surface area contributed by atoms with Crippen molar-refractivity contribution in [2.24, 2.45) is 0 Å². The van der Waals surface area contributed by atoms with Gasteiger partial charge in [-0.25, -0.2) is 0 Å². The summed E-state index contributed by atoms with van der Waals surface area (Å²) >= 11 is 1.92. The molecule has 0 spiro atoms. The maximum absolute atomic E-state index is 11.1. The summed E-state index contributed by atoms with van der Waals surface area (Å²) < 4.78 is 5.21. The largest absolute Gasteiger partial charge is 0.490 e. The maximum Gasteiger partial charge on any atom is 0.311 e. The Hall–Kier alpha value is -1.51. The van der Waals surface area contributed by atoms with Crippen LogP contribution in [0, 0.1) is 10.1 Å². The fraction of sp³-hybridized carbons (Fsp3) is 0.684. The molecule has 1 aromatic rings. The number of hydrogen-bond donors (Lipinski definition) is 0. The molecule has 0 unspecified atom stereocenters. The minimum absolute atomic E-state index is 0.0236. The zero-order valence-corrected chi connectivity index (χ0v) is 17.1. The summed E-state index contributed by atoms with van der Waals surface area (Å²) in [5.74, 6) is 1.55. The lowest BCUT2D eigenvalue weighted by Gasteiger charge is -2.43. The van der Waals surface area contributed by atoms with E-state index in [1.54, 1.807) is 12.1 Å². The molecule has 0 saturated carbocycles. The minimum Gasteiger partial charge on any atom is -0.490 e. The number of hydrogen-bond acceptors (Lipinski definition) is 7. The first kappa shape index (κ1) is 20.2. The quantitative estimate of drug-likeness (QED) is 0.520. The van der Waals surface area contributed by atoms with Crippen LogP contribution in [0.25, 0.3) is 0 Å². The van der Waals surface area contributed by atoms with Crippen molar-refractivity contribution in [3.63, 3.8) is 0 Å². The summed E-state index contributed by atoms with van der Waals surface area (Å²) in [6.07, 6.45) is 4.46. The van der Waals surface area contributed by atoms with Gasteiger partial charge < -0.3 is 9.64 Å². The summed E-state index contributed by atoms with van der Waals surface area (Å²) in [5.41, 5.74) is 1.04. The molecule has 150 valence electrons. The average Bonchev–Trinajstić information content (AvgIpc) is 2.72. The van der Waals surface area contributed by atoms with Crippen LogP contribution >= 0.6 is 11.8 Å². The van der Waals surface area contributed by atoms with E-state index in [0.29, 0.717) is 11.8 Å². The van der Waals surface area contributed by atoms with Crippen LogP contribution in [-0.2, 0) is 0 Å². The third-order valence-corrected chi connectivity index (χ3v) is 6.32. The molecule has 0 radical (unpaired) electrons. The lowest BCUT2D eigenvalue weighted by molar-refractivity contribution is -0.385. The molecule has 0 atom stereocenters. The standard InChI is InChI=1S/C19H30N4O3S/c1-26-19-15-17(3-4-18(19)23(24)25)21-7-5-16(6-8-21)22-11-9-20(10-12-22)13-14-27-2/h3-4,15-16H,5-14H2,1-2H3. The normalized spacial score (nSPS) is 20.0. The van der Waals surface area contributed by atoms with Crippen molar-refractivity contribution in [3.8, 4) is 5.75 Å². The van der Waals surface area contributed by atoms with Gasteiger partial charge in [-0.1, -0.05) is 0 Å². The highest BCUT2D eigenvalue weighted by atomic mass is 32.2. The van der Waals surface area contributed by atoms with Gasteiger partial charge in [-0.15, -0.1) is 0 Å². The number of ether oxygens (including phenoxy) is 1. The second-order valence-electron chi connectivity index (χ2n) is 7.20. The van der Waals surface area contributed by atoms with Crippen molar-refractivity contribution in [1.29, 1.82) is 0 Å². The molecule has 1 aromatic carbocycles. The van der Waals surface area contributed by atoms with Gasteiger partial charge in [-0.05, 0) is 25.2 Å². The van der Waals surface area contributed by atoms with Gasteiger partial charge in [0, 0.05) is 75.4 Å². The molecule has 2 saturated heterocycles. The van der Waals surface area contributed by atoms with E-state index in [4.69, 9.17) is 4.74 Å². The first-order valence-electron chi connectivity index (χ1n) is 9.65. The van der Waals surface area contributed by atoms with Gasteiger partial charge in [0.1, 0.15) is 0 Å². The van der Waals surface area contributed by atoms with Gasteiger partial charge >= 0.3 is 5.69 Å². The Morgan fingerprint density at radius 1 is 1.19 bits per heavy atom. The summed E-state index contributed by atoms with van der Waals surface area (Å²) in [4.78, 5) is 18.2. The van der Waals surface area contributed by atoms with Crippen molar-refractivity contribution in [3.05, 3.63) is 28.3 Å². The van der Waals surface area contributed by atoms with Crippen LogP contribution in [0.4, 0.5) is 11.4 Å². The lowest BCUT2D eigenvalue weighted by Crippen LogP contribution is -2.53. The topological polar surface area (TPSA) is 62.1 Å². The predicted octanol–water partition coefficient (Wildman–Crippen LogP) is 2.55. The molecule has 7 nitrogen and oxygen atoms in total. The van der Waals surface area contributed by atoms with Crippen molar-refractivity contribution in [2.45, 2.75) is 18.9 Å². The van der Waals surface area contributed by atoms with Gasteiger partial charge in [0.05, 0.1) is 12.0 Å². The Kier molecular flexibility index (Phi) is 7.20. The number of nitro groups is 1. The van der Waals surface area contributed by atoms with E-state index in [0.717, 1.165) is 31.6 Å². The molecule has 2 heterocycles. The van der Waals surface area contributed by atoms with E-state index in [1.165, 1.54) is 45.6 Å². The fourth-order valence-electron chi connectivity index (χ4n) is 4.08. The van der Waals surface area contributed by atoms with E-state index < -0.39 is 4.92 Å². The molecule has 0 aromatic heterocycles. The summed E-state index contributed by atoms with van der Waals surface area (Å²) in [5, 5.41) is 11.1. The van der Waals surface area contributed by atoms with Crippen molar-refractivity contribution in [1.82, 2.24) is 9.80 Å².